The van der Waals surface area contributed by atoms with Crippen molar-refractivity contribution >= 4 is 29.7 Å². The molecule has 7 nitrogen and oxygen atoms in total. The molecule has 0 radical (unpaired) electrons. The number of amides is 1. The number of nitrogens with one attached hydrogen (secondary N) is 2. The van der Waals surface area contributed by atoms with Crippen LogP contribution in [0.4, 0.5) is 20.8 Å². The summed E-state index contributed by atoms with van der Waals surface area (Å²) in [6.07, 6.45) is 11.9. The Bertz CT molecular complexity index is 977. The maximum Gasteiger partial charge on any atom is 0.407 e. The molecule has 2 atom stereocenters. The van der Waals surface area contributed by atoms with Crippen LogP contribution in [0.15, 0.2) is 35.5 Å². The lowest BCUT2D eigenvalue weighted by molar-refractivity contribution is -0.00476. The average molecular weight is 458 g/mol. The van der Waals surface area contributed by atoms with Gasteiger partial charge in [-0.25, -0.2) is 19.2 Å². The van der Waals surface area contributed by atoms with E-state index in [0.717, 1.165) is 49.6 Å². The molecule has 1 aromatic heterocycles. The third-order valence-corrected chi connectivity index (χ3v) is 7.75. The van der Waals surface area contributed by atoms with E-state index >= 15 is 0 Å². The van der Waals surface area contributed by atoms with Gasteiger partial charge in [-0.15, -0.1) is 0 Å². The van der Waals surface area contributed by atoms with Crippen molar-refractivity contribution < 1.29 is 13.9 Å². The Hall–Kier alpha value is -2.39. The predicted octanol–water partition coefficient (Wildman–Crippen LogP) is 5.02. The number of carbonyl (C=O) groups excluding carboxylic acids is 1. The molecule has 5 rings (SSSR count). The van der Waals surface area contributed by atoms with E-state index in [1.54, 1.807) is 24.5 Å². The van der Waals surface area contributed by atoms with Crippen molar-refractivity contribution in [1.29, 1.82) is 0 Å². The summed E-state index contributed by atoms with van der Waals surface area (Å²) in [6.45, 7) is 0. The molecule has 3 fully saturated rings. The van der Waals surface area contributed by atoms with Crippen molar-refractivity contribution in [3.05, 3.63) is 42.0 Å². The first-order chi connectivity index (χ1) is 15.5. The molecule has 32 heavy (non-hydrogen) atoms. The van der Waals surface area contributed by atoms with Gasteiger partial charge < -0.3 is 15.4 Å². The van der Waals surface area contributed by atoms with Crippen molar-refractivity contribution in [2.45, 2.75) is 74.3 Å². The third kappa shape index (κ3) is 4.54. The lowest BCUT2D eigenvalue weighted by Crippen LogP contribution is -2.54. The van der Waals surface area contributed by atoms with Crippen molar-refractivity contribution in [2.75, 3.05) is 5.32 Å². The highest BCUT2D eigenvalue weighted by atomic mass is 32.2. The molecule has 1 amide bonds. The summed E-state index contributed by atoms with van der Waals surface area (Å²) in [4.78, 5) is 21.6. The number of alkyl carbamates (subject to hydrolysis) is 1. The van der Waals surface area contributed by atoms with Gasteiger partial charge in [0.2, 0.25) is 5.95 Å². The van der Waals surface area contributed by atoms with E-state index in [1.165, 1.54) is 25.3 Å². The Labute approximate surface area is 191 Å². The number of rotatable bonds is 6. The SMILES string of the molecule is NSc1ccc(Nc2ncc(C3CCC(OC(=O)NC4CC5(CCC5)C4)C3)cn2)c(F)c1. The number of anilines is 2. The first-order valence-electron chi connectivity index (χ1n) is 11.2. The van der Waals surface area contributed by atoms with Crippen LogP contribution in [0.5, 0.6) is 0 Å². The highest BCUT2D eigenvalue weighted by Crippen LogP contribution is 2.55. The Morgan fingerprint density at radius 1 is 1.22 bits per heavy atom. The first-order valence-corrected chi connectivity index (χ1v) is 12.1. The molecule has 3 aliphatic rings. The summed E-state index contributed by atoms with van der Waals surface area (Å²) in [6, 6.07) is 4.99. The van der Waals surface area contributed by atoms with Crippen molar-refractivity contribution in [2.24, 2.45) is 10.6 Å². The average Bonchev–Trinajstić information content (AvgIpc) is 3.19. The molecule has 2 aromatic rings. The van der Waals surface area contributed by atoms with E-state index in [4.69, 9.17) is 9.88 Å². The smallest absolute Gasteiger partial charge is 0.407 e. The Morgan fingerprint density at radius 2 is 2.00 bits per heavy atom. The van der Waals surface area contributed by atoms with Gasteiger partial charge in [0.15, 0.2) is 0 Å². The van der Waals surface area contributed by atoms with Crippen LogP contribution in [0.25, 0.3) is 0 Å². The zero-order chi connectivity index (χ0) is 22.1. The normalized spacial score (nSPS) is 23.9. The Morgan fingerprint density at radius 3 is 2.66 bits per heavy atom. The quantitative estimate of drug-likeness (QED) is 0.524. The van der Waals surface area contributed by atoms with E-state index in [2.05, 4.69) is 20.6 Å². The molecule has 170 valence electrons. The molecule has 1 aromatic carbocycles. The largest absolute Gasteiger partial charge is 0.446 e. The van der Waals surface area contributed by atoms with Crippen molar-refractivity contribution in [3.8, 4) is 0 Å². The van der Waals surface area contributed by atoms with Crippen LogP contribution in [-0.4, -0.2) is 28.2 Å². The van der Waals surface area contributed by atoms with Crippen LogP contribution in [-0.2, 0) is 4.74 Å². The maximum atomic E-state index is 14.1. The second-order valence-corrected chi connectivity index (χ2v) is 10.1. The minimum atomic E-state index is -0.410. The van der Waals surface area contributed by atoms with Gasteiger partial charge in [-0.3, -0.25) is 5.14 Å². The van der Waals surface area contributed by atoms with Gasteiger partial charge in [0.05, 0.1) is 5.69 Å². The van der Waals surface area contributed by atoms with Gasteiger partial charge in [-0.05, 0) is 92.0 Å². The number of hydrogen-bond acceptors (Lipinski definition) is 7. The van der Waals surface area contributed by atoms with E-state index in [-0.39, 0.29) is 24.2 Å². The third-order valence-electron chi connectivity index (χ3n) is 7.22. The Kier molecular flexibility index (Phi) is 5.94. The summed E-state index contributed by atoms with van der Waals surface area (Å²) < 4.78 is 19.8. The summed E-state index contributed by atoms with van der Waals surface area (Å²) >= 11 is 0.993. The fraction of sp³-hybridized carbons (Fsp3) is 0.522. The van der Waals surface area contributed by atoms with Crippen molar-refractivity contribution in [1.82, 2.24) is 15.3 Å². The van der Waals surface area contributed by atoms with Gasteiger partial charge in [-0.1, -0.05) is 6.42 Å². The fourth-order valence-electron chi connectivity index (χ4n) is 5.28. The maximum absolute atomic E-state index is 14.1. The minimum absolute atomic E-state index is 0.0800. The van der Waals surface area contributed by atoms with Gasteiger partial charge in [0.25, 0.3) is 0 Å². The van der Waals surface area contributed by atoms with Gasteiger partial charge in [0.1, 0.15) is 11.9 Å². The highest BCUT2D eigenvalue weighted by molar-refractivity contribution is 7.97. The lowest BCUT2D eigenvalue weighted by Gasteiger charge is -2.54. The fourth-order valence-corrected chi connectivity index (χ4v) is 5.60. The van der Waals surface area contributed by atoms with Crippen LogP contribution in [0, 0.1) is 11.2 Å². The summed E-state index contributed by atoms with van der Waals surface area (Å²) in [5.41, 5.74) is 1.84. The molecule has 0 bridgehead atoms. The standard InChI is InChI=1S/C23H28FN5O2S/c24-19-9-18(32-25)4-5-20(19)29-21-26-12-15(13-27-21)14-2-3-17(8-14)31-22(30)28-16-10-23(11-16)6-1-7-23/h4-5,9,12-14,16-17H,1-3,6-8,10-11,25H2,(H,28,30)(H,26,27,29). The molecule has 0 saturated heterocycles. The van der Waals surface area contributed by atoms with Crippen LogP contribution < -0.4 is 15.8 Å². The number of halogens is 1. The van der Waals surface area contributed by atoms with E-state index in [9.17, 15) is 9.18 Å². The molecule has 0 aliphatic heterocycles. The van der Waals surface area contributed by atoms with E-state index in [0.29, 0.717) is 21.9 Å². The van der Waals surface area contributed by atoms with E-state index in [1.807, 2.05) is 0 Å². The topological polar surface area (TPSA) is 102 Å². The first kappa shape index (κ1) is 21.5. The molecule has 1 spiro atoms. The second kappa shape index (κ2) is 8.86. The molecular formula is C23H28FN5O2S. The van der Waals surface area contributed by atoms with Gasteiger partial charge in [0, 0.05) is 23.3 Å². The van der Waals surface area contributed by atoms with Crippen LogP contribution in [0.2, 0.25) is 0 Å². The van der Waals surface area contributed by atoms with Crippen LogP contribution in [0.1, 0.15) is 62.8 Å². The number of carbonyl (C=O) groups is 1. The van der Waals surface area contributed by atoms with Gasteiger partial charge in [-0.2, -0.15) is 0 Å². The number of benzene rings is 1. The molecule has 3 saturated carbocycles. The van der Waals surface area contributed by atoms with Crippen LogP contribution in [0.3, 0.4) is 0 Å². The molecule has 2 unspecified atom stereocenters. The molecule has 9 heteroatoms. The second-order valence-electron chi connectivity index (χ2n) is 9.36. The molecule has 3 aliphatic carbocycles. The summed E-state index contributed by atoms with van der Waals surface area (Å²) in [5, 5.41) is 11.4. The molecule has 4 N–H and O–H groups in total. The van der Waals surface area contributed by atoms with Gasteiger partial charge >= 0.3 is 6.09 Å². The number of nitrogens with two attached hydrogens (primary N) is 1. The summed E-state index contributed by atoms with van der Waals surface area (Å²) in [7, 11) is 0. The molecular weight excluding hydrogens is 429 g/mol. The monoisotopic (exact) mass is 457 g/mol. The van der Waals surface area contributed by atoms with E-state index < -0.39 is 5.82 Å². The number of nitrogens with zero attached hydrogens (tertiary/aromatic N) is 2. The highest BCUT2D eigenvalue weighted by Gasteiger charge is 2.48. The predicted molar refractivity (Wildman–Crippen MR) is 121 cm³/mol. The number of ether oxygens (including phenoxy) is 1. The lowest BCUT2D eigenvalue weighted by atomic mass is 9.54. The van der Waals surface area contributed by atoms with Crippen LogP contribution >= 0.6 is 11.9 Å². The summed E-state index contributed by atoms with van der Waals surface area (Å²) in [5.74, 6) is 0.170. The number of hydrogen-bond donors (Lipinski definition) is 3. The molecule has 1 heterocycles. The zero-order valence-corrected chi connectivity index (χ0v) is 18.7. The minimum Gasteiger partial charge on any atom is -0.446 e. The number of aromatic nitrogens is 2. The Balaban J connectivity index is 1.10. The zero-order valence-electron chi connectivity index (χ0n) is 17.9. The van der Waals surface area contributed by atoms with Crippen molar-refractivity contribution in [3.63, 3.8) is 0 Å².